The molecule has 2 N–H and O–H groups in total. The van der Waals surface area contributed by atoms with Crippen LogP contribution in [0.15, 0.2) is 42.5 Å². The van der Waals surface area contributed by atoms with Crippen LogP contribution in [-0.2, 0) is 16.1 Å². The predicted molar refractivity (Wildman–Crippen MR) is 86.9 cm³/mol. The molecule has 0 fully saturated rings. The van der Waals surface area contributed by atoms with Gasteiger partial charge in [0.1, 0.15) is 12.6 Å². The van der Waals surface area contributed by atoms with Gasteiger partial charge in [-0.1, -0.05) is 55.3 Å². The molecule has 1 amide bonds. The minimum absolute atomic E-state index is 0.125. The molecular weight excluding hydrogens is 294 g/mol. The standard InChI is InChI=1S/C18H23NO4/c20-17(21)16(15-11-7-2-1-3-8-12-15)19-18(22)23-13-14-9-5-4-6-10-14/h4-7,9-11,15-16H,1-3,8,12-13H2,(H,19,22)(H,20,21)/b11-7-. The first-order valence-corrected chi connectivity index (χ1v) is 8.03. The maximum absolute atomic E-state index is 11.9. The van der Waals surface area contributed by atoms with Crippen molar-refractivity contribution in [3.63, 3.8) is 0 Å². The van der Waals surface area contributed by atoms with Crippen LogP contribution in [0.3, 0.4) is 0 Å². The van der Waals surface area contributed by atoms with Gasteiger partial charge in [-0.15, -0.1) is 0 Å². The predicted octanol–water partition coefficient (Wildman–Crippen LogP) is 3.50. The van der Waals surface area contributed by atoms with Crippen molar-refractivity contribution in [2.24, 2.45) is 5.92 Å². The molecule has 23 heavy (non-hydrogen) atoms. The Morgan fingerprint density at radius 2 is 2.00 bits per heavy atom. The molecule has 0 aliphatic heterocycles. The first-order chi connectivity index (χ1) is 11.2. The molecule has 1 aromatic carbocycles. The normalized spacial score (nSPS) is 20.6. The Kier molecular flexibility index (Phi) is 6.66. The molecule has 5 nitrogen and oxygen atoms in total. The molecule has 0 radical (unpaired) electrons. The van der Waals surface area contributed by atoms with Gasteiger partial charge in [0.05, 0.1) is 0 Å². The lowest BCUT2D eigenvalue weighted by Crippen LogP contribution is -2.45. The number of rotatable bonds is 5. The lowest BCUT2D eigenvalue weighted by Gasteiger charge is -2.23. The van der Waals surface area contributed by atoms with Gasteiger partial charge in [-0.2, -0.15) is 0 Å². The Labute approximate surface area is 136 Å². The van der Waals surface area contributed by atoms with Crippen molar-refractivity contribution in [1.29, 1.82) is 0 Å². The van der Waals surface area contributed by atoms with Crippen LogP contribution in [0.5, 0.6) is 0 Å². The van der Waals surface area contributed by atoms with E-state index in [0.717, 1.165) is 37.7 Å². The molecule has 1 aliphatic carbocycles. The van der Waals surface area contributed by atoms with E-state index in [0.29, 0.717) is 0 Å². The van der Waals surface area contributed by atoms with E-state index in [2.05, 4.69) is 5.32 Å². The van der Waals surface area contributed by atoms with Gasteiger partial charge in [0, 0.05) is 5.92 Å². The molecule has 0 saturated carbocycles. The molecular formula is C18H23NO4. The lowest BCUT2D eigenvalue weighted by atomic mass is 9.90. The molecule has 0 bridgehead atoms. The third-order valence-corrected chi connectivity index (χ3v) is 3.97. The number of ether oxygens (including phenoxy) is 1. The van der Waals surface area contributed by atoms with Crippen LogP contribution in [0.25, 0.3) is 0 Å². The molecule has 0 aromatic heterocycles. The van der Waals surface area contributed by atoms with Crippen molar-refractivity contribution in [2.75, 3.05) is 0 Å². The van der Waals surface area contributed by atoms with Crippen LogP contribution >= 0.6 is 0 Å². The van der Waals surface area contributed by atoms with E-state index in [1.807, 2.05) is 42.5 Å². The van der Waals surface area contributed by atoms with E-state index in [-0.39, 0.29) is 12.5 Å². The quantitative estimate of drug-likeness (QED) is 0.815. The highest BCUT2D eigenvalue weighted by Crippen LogP contribution is 2.20. The maximum Gasteiger partial charge on any atom is 0.408 e. The van der Waals surface area contributed by atoms with Crippen LogP contribution < -0.4 is 5.32 Å². The average molecular weight is 317 g/mol. The number of carbonyl (C=O) groups is 2. The van der Waals surface area contributed by atoms with Gasteiger partial charge in [-0.05, 0) is 24.8 Å². The minimum Gasteiger partial charge on any atom is -0.480 e. The fourth-order valence-corrected chi connectivity index (χ4v) is 2.71. The Hall–Kier alpha value is -2.30. The van der Waals surface area contributed by atoms with Gasteiger partial charge in [0.2, 0.25) is 0 Å². The largest absolute Gasteiger partial charge is 0.480 e. The second-order valence-electron chi connectivity index (χ2n) is 5.75. The zero-order chi connectivity index (χ0) is 16.5. The van der Waals surface area contributed by atoms with Gasteiger partial charge in [-0.3, -0.25) is 0 Å². The zero-order valence-corrected chi connectivity index (χ0v) is 13.1. The van der Waals surface area contributed by atoms with Gasteiger partial charge in [0.15, 0.2) is 0 Å². The number of carbonyl (C=O) groups excluding carboxylic acids is 1. The number of nitrogens with one attached hydrogen (secondary N) is 1. The summed E-state index contributed by atoms with van der Waals surface area (Å²) < 4.78 is 5.12. The number of alkyl carbamates (subject to hydrolysis) is 1. The average Bonchev–Trinajstić information content (AvgIpc) is 2.52. The highest BCUT2D eigenvalue weighted by atomic mass is 16.5. The van der Waals surface area contributed by atoms with Gasteiger partial charge >= 0.3 is 12.1 Å². The third-order valence-electron chi connectivity index (χ3n) is 3.97. The highest BCUT2D eigenvalue weighted by molar-refractivity contribution is 5.80. The van der Waals surface area contributed by atoms with Gasteiger partial charge in [0.25, 0.3) is 0 Å². The topological polar surface area (TPSA) is 75.6 Å². The maximum atomic E-state index is 11.9. The van der Waals surface area contributed by atoms with Crippen LogP contribution in [0.4, 0.5) is 4.79 Å². The van der Waals surface area contributed by atoms with Crippen LogP contribution in [0.1, 0.15) is 37.7 Å². The van der Waals surface area contributed by atoms with E-state index in [1.165, 1.54) is 0 Å². The van der Waals surface area contributed by atoms with Crippen molar-refractivity contribution in [3.8, 4) is 0 Å². The fraction of sp³-hybridized carbons (Fsp3) is 0.444. The summed E-state index contributed by atoms with van der Waals surface area (Å²) in [6.07, 6.45) is 8.13. The van der Waals surface area contributed by atoms with Crippen LogP contribution in [0.2, 0.25) is 0 Å². The van der Waals surface area contributed by atoms with E-state index in [9.17, 15) is 14.7 Å². The monoisotopic (exact) mass is 317 g/mol. The van der Waals surface area contributed by atoms with Gasteiger partial charge in [-0.25, -0.2) is 9.59 Å². The summed E-state index contributed by atoms with van der Waals surface area (Å²) in [4.78, 5) is 23.4. The molecule has 0 heterocycles. The summed E-state index contributed by atoms with van der Waals surface area (Å²) in [5, 5.41) is 11.9. The lowest BCUT2D eigenvalue weighted by molar-refractivity contribution is -0.140. The number of benzene rings is 1. The van der Waals surface area contributed by atoms with E-state index in [4.69, 9.17) is 4.74 Å². The number of amides is 1. The number of hydrogen-bond acceptors (Lipinski definition) is 3. The molecule has 1 aliphatic rings. The first-order valence-electron chi connectivity index (χ1n) is 8.03. The van der Waals surface area contributed by atoms with Crippen molar-refractivity contribution < 1.29 is 19.4 Å². The Balaban J connectivity index is 1.91. The SMILES string of the molecule is O=C(NC(C(=O)O)C1/C=C\CCCCC1)OCc1ccccc1. The summed E-state index contributed by atoms with van der Waals surface area (Å²) in [7, 11) is 0. The minimum atomic E-state index is -1.03. The number of allylic oxidation sites excluding steroid dienone is 1. The van der Waals surface area contributed by atoms with Crippen molar-refractivity contribution in [2.45, 2.75) is 44.8 Å². The Bertz CT molecular complexity index is 541. The summed E-state index contributed by atoms with van der Waals surface area (Å²) in [5.74, 6) is -1.23. The summed E-state index contributed by atoms with van der Waals surface area (Å²) in [6, 6.07) is 8.34. The number of hydrogen-bond donors (Lipinski definition) is 2. The van der Waals surface area contributed by atoms with Crippen molar-refractivity contribution >= 4 is 12.1 Å². The number of aliphatic carboxylic acids is 1. The van der Waals surface area contributed by atoms with E-state index >= 15 is 0 Å². The van der Waals surface area contributed by atoms with E-state index < -0.39 is 18.1 Å². The second kappa shape index (κ2) is 8.98. The fourth-order valence-electron chi connectivity index (χ4n) is 2.71. The smallest absolute Gasteiger partial charge is 0.408 e. The van der Waals surface area contributed by atoms with Crippen LogP contribution in [0, 0.1) is 5.92 Å². The molecule has 1 aromatic rings. The van der Waals surface area contributed by atoms with Crippen molar-refractivity contribution in [3.05, 3.63) is 48.0 Å². The van der Waals surface area contributed by atoms with E-state index in [1.54, 1.807) is 0 Å². The van der Waals surface area contributed by atoms with Gasteiger partial charge < -0.3 is 15.2 Å². The molecule has 0 spiro atoms. The molecule has 2 rings (SSSR count). The molecule has 0 saturated heterocycles. The summed E-state index contributed by atoms with van der Waals surface area (Å²) >= 11 is 0. The van der Waals surface area contributed by atoms with Crippen LogP contribution in [-0.4, -0.2) is 23.2 Å². The molecule has 2 unspecified atom stereocenters. The molecule has 2 atom stereocenters. The third kappa shape index (κ3) is 5.77. The highest BCUT2D eigenvalue weighted by Gasteiger charge is 2.28. The summed E-state index contributed by atoms with van der Waals surface area (Å²) in [5.41, 5.74) is 0.861. The number of carboxylic acid groups (broad SMARTS) is 1. The molecule has 5 heteroatoms. The Morgan fingerprint density at radius 1 is 1.22 bits per heavy atom. The molecule has 124 valence electrons. The second-order valence-corrected chi connectivity index (χ2v) is 5.75. The first kappa shape index (κ1) is 17.1. The summed E-state index contributed by atoms with van der Waals surface area (Å²) in [6.45, 7) is 0.125. The van der Waals surface area contributed by atoms with Crippen molar-refractivity contribution in [1.82, 2.24) is 5.32 Å². The Morgan fingerprint density at radius 3 is 2.74 bits per heavy atom. The number of carboxylic acids is 1. The zero-order valence-electron chi connectivity index (χ0n) is 13.1.